The van der Waals surface area contributed by atoms with Crippen LogP contribution < -0.4 is 5.73 Å². The standard InChI is InChI=1S/C18H24N2/c1-13(14-9-11-20-12-10-14)17(19)15-5-7-16(8-6-15)18(2,3)4/h5-13,17H,19H2,1-4H3. The van der Waals surface area contributed by atoms with E-state index in [0.717, 1.165) is 0 Å². The van der Waals surface area contributed by atoms with E-state index in [2.05, 4.69) is 56.9 Å². The first-order valence-corrected chi connectivity index (χ1v) is 7.15. The van der Waals surface area contributed by atoms with Crippen LogP contribution in [0.15, 0.2) is 48.8 Å². The fourth-order valence-corrected chi connectivity index (χ4v) is 2.37. The van der Waals surface area contributed by atoms with Crippen molar-refractivity contribution in [3.63, 3.8) is 0 Å². The molecule has 1 aromatic carbocycles. The molecule has 106 valence electrons. The Hall–Kier alpha value is -1.67. The van der Waals surface area contributed by atoms with Crippen LogP contribution in [0.25, 0.3) is 0 Å². The second-order valence-corrected chi connectivity index (χ2v) is 6.47. The Balaban J connectivity index is 2.19. The van der Waals surface area contributed by atoms with Gasteiger partial charge in [0.2, 0.25) is 0 Å². The molecule has 0 saturated carbocycles. The molecule has 2 N–H and O–H groups in total. The number of nitrogens with zero attached hydrogens (tertiary/aromatic N) is 1. The van der Waals surface area contributed by atoms with Crippen molar-refractivity contribution >= 4 is 0 Å². The molecular weight excluding hydrogens is 244 g/mol. The van der Waals surface area contributed by atoms with Gasteiger partial charge in [-0.2, -0.15) is 0 Å². The van der Waals surface area contributed by atoms with Gasteiger partial charge in [0, 0.05) is 24.4 Å². The maximum absolute atomic E-state index is 6.41. The minimum Gasteiger partial charge on any atom is -0.323 e. The number of pyridine rings is 1. The molecular formula is C18H24N2. The van der Waals surface area contributed by atoms with Crippen LogP contribution in [0.4, 0.5) is 0 Å². The highest BCUT2D eigenvalue weighted by atomic mass is 14.7. The van der Waals surface area contributed by atoms with Crippen LogP contribution in [0.5, 0.6) is 0 Å². The molecule has 2 rings (SSSR count). The summed E-state index contributed by atoms with van der Waals surface area (Å²) < 4.78 is 0. The van der Waals surface area contributed by atoms with Crippen molar-refractivity contribution in [1.82, 2.24) is 4.98 Å². The van der Waals surface area contributed by atoms with Gasteiger partial charge >= 0.3 is 0 Å². The van der Waals surface area contributed by atoms with Crippen molar-refractivity contribution in [2.24, 2.45) is 5.73 Å². The van der Waals surface area contributed by atoms with E-state index in [9.17, 15) is 0 Å². The Morgan fingerprint density at radius 1 is 0.900 bits per heavy atom. The predicted octanol–water partition coefficient (Wildman–Crippen LogP) is 4.18. The van der Waals surface area contributed by atoms with Gasteiger partial charge in [-0.15, -0.1) is 0 Å². The van der Waals surface area contributed by atoms with Crippen LogP contribution in [0, 0.1) is 0 Å². The lowest BCUT2D eigenvalue weighted by Crippen LogP contribution is -2.18. The molecule has 0 aliphatic rings. The summed E-state index contributed by atoms with van der Waals surface area (Å²) >= 11 is 0. The smallest absolute Gasteiger partial charge is 0.0361 e. The second-order valence-electron chi connectivity index (χ2n) is 6.47. The van der Waals surface area contributed by atoms with Gasteiger partial charge in [0.05, 0.1) is 0 Å². The Bertz CT molecular complexity index is 538. The molecule has 2 aromatic rings. The Morgan fingerprint density at radius 3 is 1.95 bits per heavy atom. The van der Waals surface area contributed by atoms with Crippen molar-refractivity contribution in [3.05, 3.63) is 65.5 Å². The van der Waals surface area contributed by atoms with Crippen LogP contribution in [0.1, 0.15) is 56.3 Å². The number of hydrogen-bond acceptors (Lipinski definition) is 2. The largest absolute Gasteiger partial charge is 0.323 e. The van der Waals surface area contributed by atoms with E-state index in [1.807, 2.05) is 24.5 Å². The second kappa shape index (κ2) is 5.76. The van der Waals surface area contributed by atoms with E-state index in [4.69, 9.17) is 5.73 Å². The molecule has 0 saturated heterocycles. The summed E-state index contributed by atoms with van der Waals surface area (Å²) in [5, 5.41) is 0. The van der Waals surface area contributed by atoms with Gasteiger partial charge < -0.3 is 5.73 Å². The van der Waals surface area contributed by atoms with Crippen molar-refractivity contribution in [2.75, 3.05) is 0 Å². The van der Waals surface area contributed by atoms with E-state index in [1.54, 1.807) is 0 Å². The van der Waals surface area contributed by atoms with Crippen molar-refractivity contribution in [3.8, 4) is 0 Å². The monoisotopic (exact) mass is 268 g/mol. The normalized spacial score (nSPS) is 14.8. The molecule has 2 unspecified atom stereocenters. The van der Waals surface area contributed by atoms with Gasteiger partial charge in [-0.25, -0.2) is 0 Å². The number of benzene rings is 1. The fraction of sp³-hybridized carbons (Fsp3) is 0.389. The van der Waals surface area contributed by atoms with Crippen LogP contribution in [0.2, 0.25) is 0 Å². The summed E-state index contributed by atoms with van der Waals surface area (Å²) in [4.78, 5) is 4.06. The SMILES string of the molecule is CC(c1ccncc1)C(N)c1ccc(C(C)(C)C)cc1. The van der Waals surface area contributed by atoms with Gasteiger partial charge in [-0.1, -0.05) is 52.0 Å². The van der Waals surface area contributed by atoms with Gasteiger partial charge in [-0.05, 0) is 34.2 Å². The minimum atomic E-state index is 0.00594. The number of hydrogen-bond donors (Lipinski definition) is 1. The third kappa shape index (κ3) is 3.26. The van der Waals surface area contributed by atoms with Crippen molar-refractivity contribution in [1.29, 1.82) is 0 Å². The molecule has 20 heavy (non-hydrogen) atoms. The number of nitrogens with two attached hydrogens (primary N) is 1. The maximum atomic E-state index is 6.41. The Morgan fingerprint density at radius 2 is 1.45 bits per heavy atom. The first-order chi connectivity index (χ1) is 9.39. The highest BCUT2D eigenvalue weighted by Crippen LogP contribution is 2.30. The molecule has 2 atom stereocenters. The lowest BCUT2D eigenvalue weighted by atomic mass is 9.84. The molecule has 0 amide bonds. The molecule has 0 spiro atoms. The summed E-state index contributed by atoms with van der Waals surface area (Å²) in [6, 6.07) is 12.8. The van der Waals surface area contributed by atoms with E-state index >= 15 is 0 Å². The van der Waals surface area contributed by atoms with E-state index in [-0.39, 0.29) is 17.4 Å². The number of rotatable bonds is 3. The third-order valence-corrected chi connectivity index (χ3v) is 3.93. The highest BCUT2D eigenvalue weighted by molar-refractivity contribution is 5.31. The summed E-state index contributed by atoms with van der Waals surface area (Å²) in [5.41, 5.74) is 10.3. The summed E-state index contributed by atoms with van der Waals surface area (Å²) in [7, 11) is 0. The van der Waals surface area contributed by atoms with E-state index < -0.39 is 0 Å². The number of aromatic nitrogens is 1. The first-order valence-electron chi connectivity index (χ1n) is 7.15. The Labute approximate surface area is 122 Å². The quantitative estimate of drug-likeness (QED) is 0.906. The molecule has 0 bridgehead atoms. The summed E-state index contributed by atoms with van der Waals surface area (Å²) in [5.74, 6) is 0.276. The van der Waals surface area contributed by atoms with Gasteiger partial charge in [0.1, 0.15) is 0 Å². The molecule has 0 radical (unpaired) electrons. The zero-order chi connectivity index (χ0) is 14.8. The molecule has 1 heterocycles. The van der Waals surface area contributed by atoms with Crippen LogP contribution >= 0.6 is 0 Å². The lowest BCUT2D eigenvalue weighted by molar-refractivity contribution is 0.582. The zero-order valence-corrected chi connectivity index (χ0v) is 12.8. The Kier molecular flexibility index (Phi) is 4.24. The van der Waals surface area contributed by atoms with Crippen molar-refractivity contribution in [2.45, 2.75) is 45.1 Å². The van der Waals surface area contributed by atoms with Gasteiger partial charge in [0.25, 0.3) is 0 Å². The minimum absolute atomic E-state index is 0.00594. The van der Waals surface area contributed by atoms with Crippen molar-refractivity contribution < 1.29 is 0 Å². The molecule has 2 heteroatoms. The summed E-state index contributed by atoms with van der Waals surface area (Å²) in [6.07, 6.45) is 3.64. The molecule has 0 fully saturated rings. The first kappa shape index (κ1) is 14.7. The van der Waals surface area contributed by atoms with E-state index in [0.29, 0.717) is 0 Å². The van der Waals surface area contributed by atoms with Crippen LogP contribution in [0.3, 0.4) is 0 Å². The van der Waals surface area contributed by atoms with E-state index in [1.165, 1.54) is 16.7 Å². The van der Waals surface area contributed by atoms with Gasteiger partial charge in [0.15, 0.2) is 0 Å². The maximum Gasteiger partial charge on any atom is 0.0361 e. The molecule has 0 aliphatic carbocycles. The fourth-order valence-electron chi connectivity index (χ4n) is 2.37. The lowest BCUT2D eigenvalue weighted by Gasteiger charge is -2.23. The topological polar surface area (TPSA) is 38.9 Å². The highest BCUT2D eigenvalue weighted by Gasteiger charge is 2.18. The molecule has 1 aromatic heterocycles. The molecule has 0 aliphatic heterocycles. The van der Waals surface area contributed by atoms with Gasteiger partial charge in [-0.3, -0.25) is 4.98 Å². The summed E-state index contributed by atoms with van der Waals surface area (Å²) in [6.45, 7) is 8.84. The third-order valence-electron chi connectivity index (χ3n) is 3.93. The average molecular weight is 268 g/mol. The zero-order valence-electron chi connectivity index (χ0n) is 12.8. The molecule has 2 nitrogen and oxygen atoms in total. The predicted molar refractivity (Wildman–Crippen MR) is 84.7 cm³/mol. The van der Waals surface area contributed by atoms with Crippen LogP contribution in [-0.2, 0) is 5.41 Å². The van der Waals surface area contributed by atoms with Crippen LogP contribution in [-0.4, -0.2) is 4.98 Å². The average Bonchev–Trinajstić information content (AvgIpc) is 2.46.